The highest BCUT2D eigenvalue weighted by atomic mass is 16.5. The molecule has 0 aromatic carbocycles. The second-order valence-electron chi connectivity index (χ2n) is 9.22. The number of Topliss-reactive ketones (excluding diaryl/α,β-unsaturated/α-hetero) is 1. The zero-order valence-corrected chi connectivity index (χ0v) is 21.6. The Morgan fingerprint density at radius 1 is 0.727 bits per heavy atom. The number of carbonyl (C=O) groups excluding carboxylic acids is 3. The fourth-order valence-corrected chi connectivity index (χ4v) is 3.12. The molecule has 1 atom stereocenters. The van der Waals surface area contributed by atoms with E-state index in [1.807, 2.05) is 27.7 Å². The van der Waals surface area contributed by atoms with Crippen molar-refractivity contribution < 1.29 is 28.6 Å². The van der Waals surface area contributed by atoms with Crippen LogP contribution in [0.2, 0.25) is 0 Å². The molecular formula is C25H48N2O6. The van der Waals surface area contributed by atoms with Crippen LogP contribution < -0.4 is 10.6 Å². The van der Waals surface area contributed by atoms with Crippen LogP contribution in [-0.4, -0.2) is 69.8 Å². The zero-order valence-electron chi connectivity index (χ0n) is 21.6. The minimum Gasteiger partial charge on any atom is -0.379 e. The number of nitrogens with one attached hydrogen (secondary N) is 2. The Balaban J connectivity index is 4.19. The SMILES string of the molecule is CCCOCCOCCOCCCC(=O)C(CCCNC(=O)CC(C)C)NC(=O)CC(C)C. The monoisotopic (exact) mass is 472 g/mol. The maximum absolute atomic E-state index is 12.7. The van der Waals surface area contributed by atoms with Gasteiger partial charge in [-0.25, -0.2) is 0 Å². The summed E-state index contributed by atoms with van der Waals surface area (Å²) in [5.41, 5.74) is 0. The minimum atomic E-state index is -0.523. The van der Waals surface area contributed by atoms with Gasteiger partial charge in [0.2, 0.25) is 11.8 Å². The van der Waals surface area contributed by atoms with Gasteiger partial charge in [0.25, 0.3) is 0 Å². The zero-order chi connectivity index (χ0) is 24.9. The molecule has 8 nitrogen and oxygen atoms in total. The molecule has 8 heteroatoms. The van der Waals surface area contributed by atoms with Crippen LogP contribution in [-0.2, 0) is 28.6 Å². The van der Waals surface area contributed by atoms with Gasteiger partial charge in [-0.15, -0.1) is 0 Å². The van der Waals surface area contributed by atoms with Crippen molar-refractivity contribution >= 4 is 17.6 Å². The Bertz CT molecular complexity index is 525. The van der Waals surface area contributed by atoms with Crippen LogP contribution in [0.15, 0.2) is 0 Å². The van der Waals surface area contributed by atoms with Gasteiger partial charge < -0.3 is 24.8 Å². The molecule has 0 saturated heterocycles. The Morgan fingerprint density at radius 2 is 1.27 bits per heavy atom. The van der Waals surface area contributed by atoms with Crippen molar-refractivity contribution in [3.05, 3.63) is 0 Å². The van der Waals surface area contributed by atoms with E-state index in [-0.39, 0.29) is 23.5 Å². The summed E-state index contributed by atoms with van der Waals surface area (Å²) in [6.45, 7) is 13.9. The second kappa shape index (κ2) is 21.1. The minimum absolute atomic E-state index is 0.00790. The van der Waals surface area contributed by atoms with E-state index in [1.165, 1.54) is 0 Å². The van der Waals surface area contributed by atoms with Crippen LogP contribution in [0, 0.1) is 11.8 Å². The van der Waals surface area contributed by atoms with Gasteiger partial charge >= 0.3 is 0 Å². The highest BCUT2D eigenvalue weighted by Gasteiger charge is 2.20. The summed E-state index contributed by atoms with van der Waals surface area (Å²) in [4.78, 5) is 36.7. The summed E-state index contributed by atoms with van der Waals surface area (Å²) in [7, 11) is 0. The van der Waals surface area contributed by atoms with Gasteiger partial charge in [-0.1, -0.05) is 34.6 Å². The largest absolute Gasteiger partial charge is 0.379 e. The molecular weight excluding hydrogens is 424 g/mol. The molecule has 1 unspecified atom stereocenters. The number of carbonyl (C=O) groups is 3. The Morgan fingerprint density at radius 3 is 1.85 bits per heavy atom. The van der Waals surface area contributed by atoms with E-state index < -0.39 is 6.04 Å². The van der Waals surface area contributed by atoms with Crippen molar-refractivity contribution in [3.8, 4) is 0 Å². The van der Waals surface area contributed by atoms with E-state index in [0.717, 1.165) is 13.0 Å². The first kappa shape index (κ1) is 31.5. The second-order valence-corrected chi connectivity index (χ2v) is 9.22. The summed E-state index contributed by atoms with van der Waals surface area (Å²) in [5, 5.41) is 5.77. The number of rotatable bonds is 22. The van der Waals surface area contributed by atoms with Crippen molar-refractivity contribution in [1.82, 2.24) is 10.6 Å². The highest BCUT2D eigenvalue weighted by Crippen LogP contribution is 2.07. The van der Waals surface area contributed by atoms with Crippen molar-refractivity contribution in [1.29, 1.82) is 0 Å². The van der Waals surface area contributed by atoms with Crippen LogP contribution in [0.25, 0.3) is 0 Å². The van der Waals surface area contributed by atoms with Crippen LogP contribution in [0.5, 0.6) is 0 Å². The van der Waals surface area contributed by atoms with E-state index in [0.29, 0.717) is 84.0 Å². The molecule has 0 bridgehead atoms. The molecule has 0 rings (SSSR count). The highest BCUT2D eigenvalue weighted by molar-refractivity contribution is 5.89. The number of amides is 2. The third kappa shape index (κ3) is 20.8. The van der Waals surface area contributed by atoms with Gasteiger partial charge in [-0.3, -0.25) is 14.4 Å². The number of ketones is 1. The third-order valence-corrected chi connectivity index (χ3v) is 4.71. The maximum atomic E-state index is 12.7. The molecule has 194 valence electrons. The van der Waals surface area contributed by atoms with Gasteiger partial charge in [0.1, 0.15) is 0 Å². The van der Waals surface area contributed by atoms with Crippen LogP contribution in [0.3, 0.4) is 0 Å². The smallest absolute Gasteiger partial charge is 0.220 e. The van der Waals surface area contributed by atoms with Gasteiger partial charge in [-0.05, 0) is 37.5 Å². The normalized spacial score (nSPS) is 12.2. The lowest BCUT2D eigenvalue weighted by Crippen LogP contribution is -2.41. The van der Waals surface area contributed by atoms with Crippen LogP contribution in [0.1, 0.15) is 79.6 Å². The molecule has 0 aliphatic heterocycles. The fourth-order valence-electron chi connectivity index (χ4n) is 3.12. The lowest BCUT2D eigenvalue weighted by atomic mass is 10.0. The van der Waals surface area contributed by atoms with Crippen LogP contribution >= 0.6 is 0 Å². The Labute approximate surface area is 200 Å². The first-order valence-electron chi connectivity index (χ1n) is 12.6. The van der Waals surface area contributed by atoms with E-state index >= 15 is 0 Å². The molecule has 0 aromatic rings. The summed E-state index contributed by atoms with van der Waals surface area (Å²) in [6.07, 6.45) is 3.97. The quantitative estimate of drug-likeness (QED) is 0.234. The summed E-state index contributed by atoms with van der Waals surface area (Å²) in [5.74, 6) is 0.455. The molecule has 0 spiro atoms. The molecule has 0 aliphatic rings. The van der Waals surface area contributed by atoms with Crippen LogP contribution in [0.4, 0.5) is 0 Å². The third-order valence-electron chi connectivity index (χ3n) is 4.71. The fraction of sp³-hybridized carbons (Fsp3) is 0.880. The lowest BCUT2D eigenvalue weighted by Gasteiger charge is -2.19. The molecule has 0 fully saturated rings. The van der Waals surface area contributed by atoms with Crippen molar-refractivity contribution in [2.75, 3.05) is 46.2 Å². The number of hydrogen-bond donors (Lipinski definition) is 2. The predicted molar refractivity (Wildman–Crippen MR) is 130 cm³/mol. The van der Waals surface area contributed by atoms with E-state index in [2.05, 4.69) is 17.6 Å². The van der Waals surface area contributed by atoms with Crippen molar-refractivity contribution in [2.45, 2.75) is 85.6 Å². The molecule has 0 radical (unpaired) electrons. The molecule has 0 saturated carbocycles. The molecule has 33 heavy (non-hydrogen) atoms. The van der Waals surface area contributed by atoms with Gasteiger partial charge in [0.15, 0.2) is 5.78 Å². The standard InChI is InChI=1S/C25H48N2O6/c1-6-12-31-14-16-33-17-15-32-13-8-10-23(28)22(27-25(30)19-21(4)5)9-7-11-26-24(29)18-20(2)3/h20-22H,6-19H2,1-5H3,(H,26,29)(H,27,30). The molecule has 0 aromatic heterocycles. The Hall–Kier alpha value is -1.51. The number of ether oxygens (including phenoxy) is 3. The molecule has 2 amide bonds. The topological polar surface area (TPSA) is 103 Å². The number of hydrogen-bond acceptors (Lipinski definition) is 6. The lowest BCUT2D eigenvalue weighted by molar-refractivity contribution is -0.128. The molecule has 2 N–H and O–H groups in total. The maximum Gasteiger partial charge on any atom is 0.220 e. The summed E-state index contributed by atoms with van der Waals surface area (Å²) < 4.78 is 16.3. The average Bonchev–Trinajstić information content (AvgIpc) is 2.72. The Kier molecular flexibility index (Phi) is 20.1. The van der Waals surface area contributed by atoms with E-state index in [1.54, 1.807) is 0 Å². The summed E-state index contributed by atoms with van der Waals surface area (Å²) >= 11 is 0. The van der Waals surface area contributed by atoms with Gasteiger partial charge in [0.05, 0.1) is 32.5 Å². The molecule has 0 heterocycles. The molecule has 0 aliphatic carbocycles. The summed E-state index contributed by atoms with van der Waals surface area (Å²) in [6, 6.07) is -0.523. The van der Waals surface area contributed by atoms with Crippen molar-refractivity contribution in [2.24, 2.45) is 11.8 Å². The van der Waals surface area contributed by atoms with Gasteiger partial charge in [0, 0.05) is 39.0 Å². The average molecular weight is 473 g/mol. The first-order chi connectivity index (χ1) is 15.8. The van der Waals surface area contributed by atoms with E-state index in [4.69, 9.17) is 14.2 Å². The van der Waals surface area contributed by atoms with Gasteiger partial charge in [-0.2, -0.15) is 0 Å². The van der Waals surface area contributed by atoms with Crippen molar-refractivity contribution in [3.63, 3.8) is 0 Å². The first-order valence-corrected chi connectivity index (χ1v) is 12.6. The predicted octanol–water partition coefficient (Wildman–Crippen LogP) is 3.27. The van der Waals surface area contributed by atoms with E-state index in [9.17, 15) is 14.4 Å².